The van der Waals surface area contributed by atoms with Gasteiger partial charge in [-0.1, -0.05) is 36.4 Å². The molecule has 2 aromatic heterocycles. The second kappa shape index (κ2) is 7.20. The van der Waals surface area contributed by atoms with E-state index >= 15 is 0 Å². The summed E-state index contributed by atoms with van der Waals surface area (Å²) in [5, 5.41) is 6.79. The molecule has 146 valence electrons. The van der Waals surface area contributed by atoms with Gasteiger partial charge < -0.3 is 9.88 Å². The lowest BCUT2D eigenvalue weighted by Crippen LogP contribution is -2.41. The van der Waals surface area contributed by atoms with Gasteiger partial charge in [0.2, 0.25) is 5.91 Å². The van der Waals surface area contributed by atoms with Crippen LogP contribution in [-0.4, -0.2) is 38.7 Å². The fourth-order valence-corrected chi connectivity index (χ4v) is 4.22. The van der Waals surface area contributed by atoms with Crippen molar-refractivity contribution < 1.29 is 4.79 Å². The fraction of sp³-hybridized carbons (Fsp3) is 0.261. The molecule has 0 saturated carbocycles. The predicted molar refractivity (Wildman–Crippen MR) is 113 cm³/mol. The number of carbonyl (C=O) groups is 1. The number of nitrogens with one attached hydrogen (secondary N) is 1. The number of piperidine rings is 1. The van der Waals surface area contributed by atoms with Crippen LogP contribution in [-0.2, 0) is 11.3 Å². The van der Waals surface area contributed by atoms with Crippen molar-refractivity contribution in [1.29, 1.82) is 0 Å². The third-order valence-electron chi connectivity index (χ3n) is 5.89. The van der Waals surface area contributed by atoms with E-state index in [0.29, 0.717) is 24.4 Å². The van der Waals surface area contributed by atoms with Gasteiger partial charge in [-0.3, -0.25) is 9.59 Å². The lowest BCUT2D eigenvalue weighted by molar-refractivity contribution is -0.133. The molecule has 0 radical (unpaired) electrons. The van der Waals surface area contributed by atoms with E-state index in [9.17, 15) is 9.59 Å². The quantitative estimate of drug-likeness (QED) is 0.587. The molecule has 1 aliphatic rings. The number of benzene rings is 2. The van der Waals surface area contributed by atoms with Crippen LogP contribution in [0.15, 0.2) is 65.6 Å². The van der Waals surface area contributed by atoms with Crippen LogP contribution in [0.3, 0.4) is 0 Å². The minimum atomic E-state index is -0.218. The number of H-pyrrole nitrogens is 1. The molecule has 1 N–H and O–H groups in total. The third kappa shape index (κ3) is 3.31. The number of para-hydroxylation sites is 1. The normalized spacial score (nSPS) is 15.2. The van der Waals surface area contributed by atoms with Crippen LogP contribution in [0.4, 0.5) is 0 Å². The van der Waals surface area contributed by atoms with Crippen LogP contribution in [0.5, 0.6) is 0 Å². The fourth-order valence-electron chi connectivity index (χ4n) is 4.22. The SMILES string of the molecule is O=C(Cn1ncc2ccccc2c1=O)N1CCC(c2cc3ccccc3[nH]2)CC1. The van der Waals surface area contributed by atoms with Gasteiger partial charge in [0.25, 0.3) is 5.56 Å². The zero-order chi connectivity index (χ0) is 19.8. The van der Waals surface area contributed by atoms with E-state index in [2.05, 4.69) is 28.3 Å². The highest BCUT2D eigenvalue weighted by Crippen LogP contribution is 2.30. The van der Waals surface area contributed by atoms with Crippen molar-refractivity contribution in [3.63, 3.8) is 0 Å². The highest BCUT2D eigenvalue weighted by molar-refractivity contribution is 5.81. The van der Waals surface area contributed by atoms with Gasteiger partial charge in [0.1, 0.15) is 6.54 Å². The molecule has 1 aliphatic heterocycles. The molecule has 0 unspecified atom stereocenters. The minimum absolute atomic E-state index is 0.0132. The Balaban J connectivity index is 1.27. The number of fused-ring (bicyclic) bond motifs is 2. The number of hydrogen-bond donors (Lipinski definition) is 1. The summed E-state index contributed by atoms with van der Waals surface area (Å²) in [6.07, 6.45) is 3.48. The Morgan fingerprint density at radius 1 is 1.03 bits per heavy atom. The van der Waals surface area contributed by atoms with Crippen molar-refractivity contribution in [2.24, 2.45) is 0 Å². The zero-order valence-electron chi connectivity index (χ0n) is 16.0. The largest absolute Gasteiger partial charge is 0.358 e. The van der Waals surface area contributed by atoms with Gasteiger partial charge in [0.15, 0.2) is 0 Å². The van der Waals surface area contributed by atoms with Crippen molar-refractivity contribution in [2.75, 3.05) is 13.1 Å². The molecule has 2 aromatic carbocycles. The first kappa shape index (κ1) is 17.7. The molecule has 1 amide bonds. The van der Waals surface area contributed by atoms with Crippen molar-refractivity contribution in [1.82, 2.24) is 19.7 Å². The summed E-state index contributed by atoms with van der Waals surface area (Å²) in [5.41, 5.74) is 2.18. The Bertz CT molecular complexity index is 1220. The molecule has 29 heavy (non-hydrogen) atoms. The Kier molecular flexibility index (Phi) is 4.39. The van der Waals surface area contributed by atoms with Gasteiger partial charge in [-0.2, -0.15) is 5.10 Å². The van der Waals surface area contributed by atoms with E-state index in [-0.39, 0.29) is 18.0 Å². The molecule has 0 atom stereocenters. The number of carbonyl (C=O) groups excluding carboxylic acids is 1. The van der Waals surface area contributed by atoms with E-state index in [4.69, 9.17) is 0 Å². The number of hydrogen-bond acceptors (Lipinski definition) is 3. The third-order valence-corrected chi connectivity index (χ3v) is 5.89. The molecule has 0 spiro atoms. The van der Waals surface area contributed by atoms with Crippen LogP contribution in [0.1, 0.15) is 24.5 Å². The molecule has 3 heterocycles. The van der Waals surface area contributed by atoms with Crippen LogP contribution in [0.2, 0.25) is 0 Å². The number of nitrogens with zero attached hydrogens (tertiary/aromatic N) is 3. The van der Waals surface area contributed by atoms with Crippen LogP contribution in [0.25, 0.3) is 21.7 Å². The summed E-state index contributed by atoms with van der Waals surface area (Å²) in [6.45, 7) is 1.38. The first-order valence-electron chi connectivity index (χ1n) is 9.99. The topological polar surface area (TPSA) is 71.0 Å². The van der Waals surface area contributed by atoms with Gasteiger partial charge in [-0.15, -0.1) is 0 Å². The van der Waals surface area contributed by atoms with Gasteiger partial charge in [-0.25, -0.2) is 4.68 Å². The van der Waals surface area contributed by atoms with Gasteiger partial charge in [0, 0.05) is 35.6 Å². The van der Waals surface area contributed by atoms with Crippen LogP contribution in [0, 0.1) is 0 Å². The zero-order valence-corrected chi connectivity index (χ0v) is 16.0. The van der Waals surface area contributed by atoms with Crippen molar-refractivity contribution in [3.05, 3.63) is 76.8 Å². The minimum Gasteiger partial charge on any atom is -0.358 e. The Hall–Kier alpha value is -3.41. The molecule has 5 rings (SSSR count). The molecule has 0 bridgehead atoms. The number of likely N-dealkylation sites (tertiary alicyclic amines) is 1. The Morgan fingerprint density at radius 2 is 1.76 bits per heavy atom. The summed E-state index contributed by atoms with van der Waals surface area (Å²) >= 11 is 0. The van der Waals surface area contributed by atoms with Gasteiger partial charge in [-0.05, 0) is 36.4 Å². The highest BCUT2D eigenvalue weighted by Gasteiger charge is 2.25. The average molecular weight is 386 g/mol. The lowest BCUT2D eigenvalue weighted by Gasteiger charge is -2.31. The predicted octanol–water partition coefficient (Wildman–Crippen LogP) is 3.28. The molecule has 0 aliphatic carbocycles. The summed E-state index contributed by atoms with van der Waals surface area (Å²) in [5.74, 6) is 0.373. The maximum atomic E-state index is 12.8. The van der Waals surface area contributed by atoms with Gasteiger partial charge in [0.05, 0.1) is 11.6 Å². The molecular formula is C23H22N4O2. The Labute approximate surface area is 167 Å². The molecule has 4 aromatic rings. The van der Waals surface area contributed by atoms with Crippen molar-refractivity contribution >= 4 is 27.6 Å². The first-order chi connectivity index (χ1) is 14.2. The second-order valence-corrected chi connectivity index (χ2v) is 7.66. The second-order valence-electron chi connectivity index (χ2n) is 7.66. The van der Waals surface area contributed by atoms with Gasteiger partial charge >= 0.3 is 0 Å². The van der Waals surface area contributed by atoms with Crippen molar-refractivity contribution in [3.8, 4) is 0 Å². The maximum absolute atomic E-state index is 12.8. The monoisotopic (exact) mass is 386 g/mol. The molecule has 1 saturated heterocycles. The highest BCUT2D eigenvalue weighted by atomic mass is 16.2. The molecule has 6 heteroatoms. The number of rotatable bonds is 3. The van der Waals surface area contributed by atoms with E-state index in [1.54, 1.807) is 12.3 Å². The standard InChI is InChI=1S/C23H22N4O2/c28-22(15-27-23(29)19-7-3-1-6-18(19)14-24-27)26-11-9-16(10-12-26)21-13-17-5-2-4-8-20(17)25-21/h1-8,13-14,16,25H,9-12,15H2. The summed E-state index contributed by atoms with van der Waals surface area (Å²) in [6, 6.07) is 17.8. The number of amides is 1. The summed E-state index contributed by atoms with van der Waals surface area (Å²) in [7, 11) is 0. The lowest BCUT2D eigenvalue weighted by atomic mass is 9.93. The maximum Gasteiger partial charge on any atom is 0.275 e. The average Bonchev–Trinajstić information content (AvgIpc) is 3.20. The van der Waals surface area contributed by atoms with E-state index in [0.717, 1.165) is 23.7 Å². The molecular weight excluding hydrogens is 364 g/mol. The van der Waals surface area contributed by atoms with Crippen molar-refractivity contribution in [2.45, 2.75) is 25.3 Å². The van der Waals surface area contributed by atoms with E-state index in [1.807, 2.05) is 35.2 Å². The van der Waals surface area contributed by atoms with Crippen LogP contribution >= 0.6 is 0 Å². The number of aromatic amines is 1. The first-order valence-corrected chi connectivity index (χ1v) is 9.99. The Morgan fingerprint density at radius 3 is 2.55 bits per heavy atom. The van der Waals surface area contributed by atoms with E-state index < -0.39 is 0 Å². The summed E-state index contributed by atoms with van der Waals surface area (Å²) < 4.78 is 1.27. The van der Waals surface area contributed by atoms with Crippen LogP contribution < -0.4 is 5.56 Å². The van der Waals surface area contributed by atoms with E-state index in [1.165, 1.54) is 15.8 Å². The number of aromatic nitrogens is 3. The smallest absolute Gasteiger partial charge is 0.275 e. The molecule has 6 nitrogen and oxygen atoms in total. The molecule has 1 fully saturated rings. The summed E-state index contributed by atoms with van der Waals surface area (Å²) in [4.78, 5) is 30.7.